The van der Waals surface area contributed by atoms with Gasteiger partial charge in [-0.1, -0.05) is 0 Å². The molecule has 4 nitrogen and oxygen atoms in total. The summed E-state index contributed by atoms with van der Waals surface area (Å²) >= 11 is 0. The molecule has 14 heavy (non-hydrogen) atoms. The summed E-state index contributed by atoms with van der Waals surface area (Å²) in [5.41, 5.74) is -0.513. The molecule has 1 N–H and O–H groups in total. The predicted molar refractivity (Wildman–Crippen MR) is 51.9 cm³/mol. The van der Waals surface area contributed by atoms with Gasteiger partial charge in [0, 0.05) is 0 Å². The monoisotopic (exact) mass is 199 g/mol. The molecule has 0 aliphatic heterocycles. The Balaban J connectivity index is 2.34. The molecule has 0 radical (unpaired) electrons. The zero-order valence-corrected chi connectivity index (χ0v) is 8.87. The van der Waals surface area contributed by atoms with Crippen LogP contribution >= 0.6 is 0 Å². The lowest BCUT2D eigenvalue weighted by Gasteiger charge is -2.21. The van der Waals surface area contributed by atoms with E-state index in [4.69, 9.17) is 4.74 Å². The molecule has 0 unspecified atom stereocenters. The molecule has 1 saturated carbocycles. The number of aldehydes is 1. The molecular formula is C10H17NO3. The second-order valence-corrected chi connectivity index (χ2v) is 4.65. The lowest BCUT2D eigenvalue weighted by atomic mass is 10.2. The van der Waals surface area contributed by atoms with Crippen molar-refractivity contribution in [2.45, 2.75) is 45.3 Å². The highest BCUT2D eigenvalue weighted by Gasteiger charge is 2.33. The largest absolute Gasteiger partial charge is 0.444 e. The van der Waals surface area contributed by atoms with Gasteiger partial charge < -0.3 is 14.8 Å². The number of carbonyl (C=O) groups is 2. The molecule has 0 bridgehead atoms. The molecule has 0 saturated heterocycles. The Morgan fingerprint density at radius 3 is 2.43 bits per heavy atom. The number of hydrogen-bond donors (Lipinski definition) is 1. The maximum absolute atomic E-state index is 11.3. The van der Waals surface area contributed by atoms with Gasteiger partial charge in [-0.2, -0.15) is 0 Å². The van der Waals surface area contributed by atoms with Crippen LogP contribution in [0.3, 0.4) is 0 Å². The van der Waals surface area contributed by atoms with Crippen LogP contribution in [0.5, 0.6) is 0 Å². The molecule has 0 heterocycles. The summed E-state index contributed by atoms with van der Waals surface area (Å²) in [7, 11) is 0. The number of rotatable bonds is 3. The van der Waals surface area contributed by atoms with E-state index in [0.717, 1.165) is 19.1 Å². The Hall–Kier alpha value is -1.06. The van der Waals surface area contributed by atoms with Gasteiger partial charge in [-0.15, -0.1) is 0 Å². The van der Waals surface area contributed by atoms with E-state index in [2.05, 4.69) is 5.32 Å². The normalized spacial score (nSPS) is 18.5. The minimum absolute atomic E-state index is 0.319. The van der Waals surface area contributed by atoms with Crippen molar-refractivity contribution in [2.24, 2.45) is 5.92 Å². The fraction of sp³-hybridized carbons (Fsp3) is 0.800. The predicted octanol–water partition coefficient (Wildman–Crippen LogP) is 1.49. The van der Waals surface area contributed by atoms with Crippen molar-refractivity contribution < 1.29 is 14.3 Å². The van der Waals surface area contributed by atoms with Gasteiger partial charge >= 0.3 is 6.09 Å². The van der Waals surface area contributed by atoms with Crippen molar-refractivity contribution in [1.29, 1.82) is 0 Å². The molecule has 1 aliphatic carbocycles. The fourth-order valence-electron chi connectivity index (χ4n) is 1.16. The van der Waals surface area contributed by atoms with Crippen LogP contribution in [0.2, 0.25) is 0 Å². The highest BCUT2D eigenvalue weighted by molar-refractivity contribution is 5.73. The molecule has 0 aromatic carbocycles. The van der Waals surface area contributed by atoms with Gasteiger partial charge in [0.2, 0.25) is 0 Å². The number of hydrogen-bond acceptors (Lipinski definition) is 3. The van der Waals surface area contributed by atoms with Crippen molar-refractivity contribution in [2.75, 3.05) is 0 Å². The van der Waals surface area contributed by atoms with Gasteiger partial charge in [0.05, 0.1) is 6.04 Å². The van der Waals surface area contributed by atoms with Crippen LogP contribution in [-0.4, -0.2) is 24.0 Å². The van der Waals surface area contributed by atoms with E-state index in [0.29, 0.717) is 5.92 Å². The zero-order chi connectivity index (χ0) is 10.8. The second kappa shape index (κ2) is 3.98. The maximum Gasteiger partial charge on any atom is 0.408 e. The summed E-state index contributed by atoms with van der Waals surface area (Å²) in [6.07, 6.45) is 2.29. The average molecular weight is 199 g/mol. The average Bonchev–Trinajstić information content (AvgIpc) is 2.78. The number of ether oxygens (including phenoxy) is 1. The van der Waals surface area contributed by atoms with Crippen LogP contribution in [0.4, 0.5) is 4.79 Å². The first kappa shape index (κ1) is 11.0. The van der Waals surface area contributed by atoms with Crippen molar-refractivity contribution in [3.05, 3.63) is 0 Å². The summed E-state index contributed by atoms with van der Waals surface area (Å²) < 4.78 is 5.04. The lowest BCUT2D eigenvalue weighted by molar-refractivity contribution is -0.110. The number of carbonyl (C=O) groups excluding carboxylic acids is 2. The summed E-state index contributed by atoms with van der Waals surface area (Å²) in [4.78, 5) is 21.9. The van der Waals surface area contributed by atoms with E-state index in [1.807, 2.05) is 0 Å². The summed E-state index contributed by atoms with van der Waals surface area (Å²) in [6, 6.07) is -0.371. The van der Waals surface area contributed by atoms with Crippen LogP contribution in [-0.2, 0) is 9.53 Å². The van der Waals surface area contributed by atoms with E-state index in [1.165, 1.54) is 0 Å². The molecular weight excluding hydrogens is 182 g/mol. The highest BCUT2D eigenvalue weighted by Crippen LogP contribution is 2.31. The maximum atomic E-state index is 11.3. The second-order valence-electron chi connectivity index (χ2n) is 4.65. The Morgan fingerprint density at radius 1 is 1.50 bits per heavy atom. The van der Waals surface area contributed by atoms with Gasteiger partial charge in [0.1, 0.15) is 11.9 Å². The van der Waals surface area contributed by atoms with E-state index in [9.17, 15) is 9.59 Å². The Morgan fingerprint density at radius 2 is 2.07 bits per heavy atom. The van der Waals surface area contributed by atoms with E-state index in [1.54, 1.807) is 20.8 Å². The Kier molecular flexibility index (Phi) is 3.13. The topological polar surface area (TPSA) is 55.4 Å². The minimum atomic E-state index is -0.513. The molecule has 1 rings (SSSR count). The van der Waals surface area contributed by atoms with Gasteiger partial charge in [-0.3, -0.25) is 0 Å². The van der Waals surface area contributed by atoms with Gasteiger partial charge in [-0.25, -0.2) is 4.79 Å². The van der Waals surface area contributed by atoms with Crippen molar-refractivity contribution in [3.8, 4) is 0 Å². The molecule has 1 amide bonds. The zero-order valence-electron chi connectivity index (χ0n) is 8.87. The molecule has 80 valence electrons. The van der Waals surface area contributed by atoms with E-state index < -0.39 is 11.7 Å². The fourth-order valence-corrected chi connectivity index (χ4v) is 1.16. The molecule has 0 aromatic heterocycles. The highest BCUT2D eigenvalue weighted by atomic mass is 16.6. The van der Waals surface area contributed by atoms with Gasteiger partial charge in [-0.05, 0) is 39.5 Å². The molecule has 4 heteroatoms. The Labute approximate surface area is 84.0 Å². The first-order valence-corrected chi connectivity index (χ1v) is 4.87. The van der Waals surface area contributed by atoms with Crippen molar-refractivity contribution in [1.82, 2.24) is 5.32 Å². The number of alkyl carbamates (subject to hydrolysis) is 1. The number of amides is 1. The first-order valence-electron chi connectivity index (χ1n) is 4.87. The quantitative estimate of drug-likeness (QED) is 0.700. The third-order valence-corrected chi connectivity index (χ3v) is 1.96. The summed E-state index contributed by atoms with van der Waals surface area (Å²) in [5.74, 6) is 0.319. The standard InChI is InChI=1S/C10H17NO3/c1-10(2,3)14-9(13)11-8(6-12)7-4-5-7/h6-8H,4-5H2,1-3H3,(H,11,13)/t8-/m1/s1. The summed E-state index contributed by atoms with van der Waals surface area (Å²) in [6.45, 7) is 5.37. The SMILES string of the molecule is CC(C)(C)OC(=O)N[C@H](C=O)C1CC1. The van der Waals surface area contributed by atoms with E-state index in [-0.39, 0.29) is 6.04 Å². The molecule has 0 spiro atoms. The van der Waals surface area contributed by atoms with Crippen molar-refractivity contribution in [3.63, 3.8) is 0 Å². The van der Waals surface area contributed by atoms with E-state index >= 15 is 0 Å². The Bertz CT molecular complexity index is 228. The molecule has 1 aliphatic rings. The lowest BCUT2D eigenvalue weighted by Crippen LogP contribution is -2.41. The third-order valence-electron chi connectivity index (χ3n) is 1.96. The van der Waals surface area contributed by atoms with Crippen LogP contribution in [0, 0.1) is 5.92 Å². The minimum Gasteiger partial charge on any atom is -0.444 e. The molecule has 0 aromatic rings. The van der Waals surface area contributed by atoms with Crippen LogP contribution < -0.4 is 5.32 Å². The first-order chi connectivity index (χ1) is 6.42. The summed E-state index contributed by atoms with van der Waals surface area (Å²) in [5, 5.41) is 2.56. The van der Waals surface area contributed by atoms with Gasteiger partial charge in [0.25, 0.3) is 0 Å². The van der Waals surface area contributed by atoms with Crippen molar-refractivity contribution >= 4 is 12.4 Å². The smallest absolute Gasteiger partial charge is 0.408 e. The third kappa shape index (κ3) is 3.77. The van der Waals surface area contributed by atoms with Gasteiger partial charge in [0.15, 0.2) is 0 Å². The number of nitrogens with one attached hydrogen (secondary N) is 1. The molecule has 1 atom stereocenters. The van der Waals surface area contributed by atoms with Crippen LogP contribution in [0.15, 0.2) is 0 Å². The van der Waals surface area contributed by atoms with Crippen LogP contribution in [0.1, 0.15) is 33.6 Å². The van der Waals surface area contributed by atoms with Crippen LogP contribution in [0.25, 0.3) is 0 Å². The molecule has 1 fully saturated rings.